The molecule has 0 aliphatic carbocycles. The number of hydrogen-bond acceptors (Lipinski definition) is 2. The first-order valence-corrected chi connectivity index (χ1v) is 5.51. The number of hydrogen-bond donors (Lipinski definition) is 2. The molecular formula is C11H21NO3. The molecule has 0 aliphatic rings. The minimum absolute atomic E-state index is 0.0855. The highest BCUT2D eigenvalue weighted by Crippen LogP contribution is 2.04. The molecule has 0 unspecified atom stereocenters. The largest absolute Gasteiger partial charge is 0.480 e. The summed E-state index contributed by atoms with van der Waals surface area (Å²) in [5, 5.41) is 11.4. The van der Waals surface area contributed by atoms with Crippen molar-refractivity contribution in [3.05, 3.63) is 0 Å². The Morgan fingerprint density at radius 1 is 1.27 bits per heavy atom. The first-order valence-electron chi connectivity index (χ1n) is 5.51. The third-order valence-corrected chi connectivity index (χ3v) is 2.26. The van der Waals surface area contributed by atoms with Crippen molar-refractivity contribution in [2.45, 2.75) is 52.5 Å². The van der Waals surface area contributed by atoms with Gasteiger partial charge in [-0.3, -0.25) is 4.79 Å². The van der Waals surface area contributed by atoms with Crippen LogP contribution in [0.4, 0.5) is 0 Å². The molecule has 0 radical (unpaired) electrons. The van der Waals surface area contributed by atoms with Crippen molar-refractivity contribution in [2.75, 3.05) is 0 Å². The van der Waals surface area contributed by atoms with Crippen molar-refractivity contribution in [3.63, 3.8) is 0 Å². The van der Waals surface area contributed by atoms with Gasteiger partial charge in [0.2, 0.25) is 5.91 Å². The number of rotatable bonds is 7. The quantitative estimate of drug-likeness (QED) is 0.636. The summed E-state index contributed by atoms with van der Waals surface area (Å²) in [4.78, 5) is 22.2. The topological polar surface area (TPSA) is 66.4 Å². The van der Waals surface area contributed by atoms with E-state index in [1.54, 1.807) is 13.8 Å². The summed E-state index contributed by atoms with van der Waals surface area (Å²) in [5.74, 6) is -1.21. The van der Waals surface area contributed by atoms with Crippen LogP contribution in [0.2, 0.25) is 0 Å². The predicted molar refractivity (Wildman–Crippen MR) is 58.5 cm³/mol. The number of carboxylic acid groups (broad SMARTS) is 1. The van der Waals surface area contributed by atoms with Crippen molar-refractivity contribution in [1.29, 1.82) is 0 Å². The fraction of sp³-hybridized carbons (Fsp3) is 0.818. The molecule has 0 heterocycles. The van der Waals surface area contributed by atoms with E-state index in [4.69, 9.17) is 5.11 Å². The highest BCUT2D eigenvalue weighted by Gasteiger charge is 2.22. The smallest absolute Gasteiger partial charge is 0.326 e. The van der Waals surface area contributed by atoms with E-state index >= 15 is 0 Å². The molecule has 88 valence electrons. The summed E-state index contributed by atoms with van der Waals surface area (Å²) in [7, 11) is 0. The van der Waals surface area contributed by atoms with E-state index in [1.807, 2.05) is 0 Å². The van der Waals surface area contributed by atoms with Gasteiger partial charge in [0.25, 0.3) is 0 Å². The normalized spacial score (nSPS) is 12.5. The number of amides is 1. The number of carboxylic acids is 1. The van der Waals surface area contributed by atoms with Gasteiger partial charge in [-0.05, 0) is 12.3 Å². The molecule has 0 fully saturated rings. The summed E-state index contributed by atoms with van der Waals surface area (Å²) in [6, 6.07) is -0.765. The Morgan fingerprint density at radius 2 is 1.87 bits per heavy atom. The molecule has 2 N–H and O–H groups in total. The number of aliphatic carboxylic acids is 1. The second-order valence-corrected chi connectivity index (χ2v) is 4.08. The lowest BCUT2D eigenvalue weighted by atomic mass is 10.0. The predicted octanol–water partition coefficient (Wildman–Crippen LogP) is 1.79. The molecular weight excluding hydrogens is 194 g/mol. The van der Waals surface area contributed by atoms with Crippen molar-refractivity contribution in [2.24, 2.45) is 5.92 Å². The van der Waals surface area contributed by atoms with Crippen molar-refractivity contribution in [1.82, 2.24) is 5.32 Å². The Kier molecular flexibility index (Phi) is 6.75. The molecule has 0 rings (SSSR count). The summed E-state index contributed by atoms with van der Waals surface area (Å²) in [6.07, 6.45) is 3.31. The van der Waals surface area contributed by atoms with Crippen molar-refractivity contribution >= 4 is 11.9 Å². The van der Waals surface area contributed by atoms with Crippen molar-refractivity contribution < 1.29 is 14.7 Å². The molecule has 4 heteroatoms. The summed E-state index contributed by atoms with van der Waals surface area (Å²) >= 11 is 0. The van der Waals surface area contributed by atoms with Crippen LogP contribution in [-0.2, 0) is 9.59 Å². The molecule has 1 amide bonds. The number of carbonyl (C=O) groups is 2. The molecule has 0 aromatic carbocycles. The summed E-state index contributed by atoms with van der Waals surface area (Å²) in [5.41, 5.74) is 0. The average molecular weight is 215 g/mol. The molecule has 0 aromatic rings. The molecule has 0 bridgehead atoms. The van der Waals surface area contributed by atoms with E-state index in [0.717, 1.165) is 19.3 Å². The first-order chi connectivity index (χ1) is 6.99. The van der Waals surface area contributed by atoms with Gasteiger partial charge in [0.1, 0.15) is 6.04 Å². The molecule has 1 atom stereocenters. The minimum atomic E-state index is -0.964. The molecule has 0 aromatic heterocycles. The monoisotopic (exact) mass is 215 g/mol. The molecule has 0 saturated heterocycles. The van der Waals surface area contributed by atoms with Crippen LogP contribution in [0.3, 0.4) is 0 Å². The third kappa shape index (κ3) is 6.10. The summed E-state index contributed by atoms with van der Waals surface area (Å²) < 4.78 is 0. The van der Waals surface area contributed by atoms with Crippen LogP contribution in [0.25, 0.3) is 0 Å². The minimum Gasteiger partial charge on any atom is -0.480 e. The van der Waals surface area contributed by atoms with E-state index in [9.17, 15) is 9.59 Å². The van der Waals surface area contributed by atoms with Crippen LogP contribution in [-0.4, -0.2) is 23.0 Å². The zero-order valence-corrected chi connectivity index (χ0v) is 9.75. The first kappa shape index (κ1) is 13.9. The van der Waals surface area contributed by atoms with Gasteiger partial charge in [0.05, 0.1) is 0 Å². The van der Waals surface area contributed by atoms with Gasteiger partial charge in [0.15, 0.2) is 0 Å². The Bertz CT molecular complexity index is 214. The van der Waals surface area contributed by atoms with E-state index in [0.29, 0.717) is 6.42 Å². The maximum absolute atomic E-state index is 11.4. The van der Waals surface area contributed by atoms with Crippen LogP contribution >= 0.6 is 0 Å². The molecule has 15 heavy (non-hydrogen) atoms. The van der Waals surface area contributed by atoms with Crippen LogP contribution in [0.15, 0.2) is 0 Å². The number of nitrogens with one attached hydrogen (secondary N) is 1. The van der Waals surface area contributed by atoms with E-state index in [-0.39, 0.29) is 11.8 Å². The van der Waals surface area contributed by atoms with Crippen LogP contribution in [0.1, 0.15) is 46.5 Å². The highest BCUT2D eigenvalue weighted by molar-refractivity contribution is 5.83. The Labute approximate surface area is 91.1 Å². The molecule has 0 saturated carbocycles. The van der Waals surface area contributed by atoms with Gasteiger partial charge >= 0.3 is 5.97 Å². The number of carbonyl (C=O) groups excluding carboxylic acids is 1. The Hall–Kier alpha value is -1.06. The van der Waals surface area contributed by atoms with Crippen LogP contribution in [0, 0.1) is 5.92 Å². The molecule has 0 spiro atoms. The zero-order valence-electron chi connectivity index (χ0n) is 9.75. The lowest BCUT2D eigenvalue weighted by molar-refractivity contribution is -0.143. The van der Waals surface area contributed by atoms with E-state index in [1.165, 1.54) is 0 Å². The zero-order chi connectivity index (χ0) is 11.8. The fourth-order valence-corrected chi connectivity index (χ4v) is 1.29. The van der Waals surface area contributed by atoms with E-state index in [2.05, 4.69) is 12.2 Å². The Balaban J connectivity index is 3.95. The maximum Gasteiger partial charge on any atom is 0.326 e. The highest BCUT2D eigenvalue weighted by atomic mass is 16.4. The van der Waals surface area contributed by atoms with Gasteiger partial charge in [-0.15, -0.1) is 0 Å². The fourth-order valence-electron chi connectivity index (χ4n) is 1.29. The lowest BCUT2D eigenvalue weighted by Crippen LogP contribution is -2.44. The van der Waals surface area contributed by atoms with E-state index < -0.39 is 12.0 Å². The van der Waals surface area contributed by atoms with Gasteiger partial charge in [-0.1, -0.05) is 33.6 Å². The Morgan fingerprint density at radius 3 is 2.27 bits per heavy atom. The van der Waals surface area contributed by atoms with Gasteiger partial charge in [0, 0.05) is 6.42 Å². The maximum atomic E-state index is 11.4. The van der Waals surface area contributed by atoms with Gasteiger partial charge in [-0.25, -0.2) is 4.79 Å². The number of unbranched alkanes of at least 4 members (excludes halogenated alkanes) is 2. The van der Waals surface area contributed by atoms with Crippen molar-refractivity contribution in [3.8, 4) is 0 Å². The second-order valence-electron chi connectivity index (χ2n) is 4.08. The van der Waals surface area contributed by atoms with Crippen LogP contribution in [0.5, 0.6) is 0 Å². The van der Waals surface area contributed by atoms with Gasteiger partial charge < -0.3 is 10.4 Å². The average Bonchev–Trinajstić information content (AvgIpc) is 2.13. The SMILES string of the molecule is CCCCCC(=O)N[C@@H](C(=O)O)C(C)C. The van der Waals surface area contributed by atoms with Crippen LogP contribution < -0.4 is 5.32 Å². The van der Waals surface area contributed by atoms with Gasteiger partial charge in [-0.2, -0.15) is 0 Å². The standard InChI is InChI=1S/C11H21NO3/c1-4-5-6-7-9(13)12-10(8(2)3)11(14)15/h8,10H,4-7H2,1-3H3,(H,12,13)(H,14,15)/t10-/m1/s1. The molecule has 4 nitrogen and oxygen atoms in total. The molecule has 0 aliphatic heterocycles. The third-order valence-electron chi connectivity index (χ3n) is 2.26. The lowest BCUT2D eigenvalue weighted by Gasteiger charge is -2.17. The second kappa shape index (κ2) is 7.26. The summed E-state index contributed by atoms with van der Waals surface area (Å²) in [6.45, 7) is 5.63.